The molecule has 14 heavy (non-hydrogen) atoms. The van der Waals surface area contributed by atoms with E-state index in [2.05, 4.69) is 40.4 Å². The highest BCUT2D eigenvalue weighted by atomic mass is 28.4. The minimum Gasteiger partial charge on any atom is -0.410 e. The van der Waals surface area contributed by atoms with Gasteiger partial charge >= 0.3 is 0 Å². The van der Waals surface area contributed by atoms with Crippen molar-refractivity contribution in [2.24, 2.45) is 0 Å². The molecular weight excluding hydrogens is 192 g/mol. The number of aliphatic hydroxyl groups is 1. The molecule has 0 aliphatic rings. The Labute approximate surface area is 89.1 Å². The molecule has 0 saturated carbocycles. The normalized spacial score (nSPS) is 15.4. The Morgan fingerprint density at radius 3 is 2.14 bits per heavy atom. The van der Waals surface area contributed by atoms with Crippen LogP contribution in [-0.4, -0.2) is 26.1 Å². The average Bonchev–Trinajstić information content (AvgIpc) is 2.00. The smallest absolute Gasteiger partial charge is 0.192 e. The summed E-state index contributed by atoms with van der Waals surface area (Å²) in [6.45, 7) is 16.8. The summed E-state index contributed by atoms with van der Waals surface area (Å²) in [7, 11) is -1.72. The van der Waals surface area contributed by atoms with Crippen LogP contribution in [0.1, 0.15) is 27.7 Å². The fourth-order valence-electron chi connectivity index (χ4n) is 0.831. The summed E-state index contributed by atoms with van der Waals surface area (Å²) in [5.74, 6) is 0. The fourth-order valence-corrected chi connectivity index (χ4v) is 2.23. The van der Waals surface area contributed by atoms with Crippen molar-refractivity contribution < 1.29 is 9.53 Å². The van der Waals surface area contributed by atoms with Crippen LogP contribution in [0.3, 0.4) is 0 Å². The van der Waals surface area contributed by atoms with Gasteiger partial charge < -0.3 is 9.53 Å². The number of hydrogen-bond donors (Lipinski definition) is 1. The Bertz CT molecular complexity index is 204. The molecule has 1 N–H and O–H groups in total. The highest BCUT2D eigenvalue weighted by Gasteiger charge is 2.38. The summed E-state index contributed by atoms with van der Waals surface area (Å²) in [5, 5.41) is 9.15. The summed E-state index contributed by atoms with van der Waals surface area (Å²) < 4.78 is 6.03. The van der Waals surface area contributed by atoms with E-state index in [4.69, 9.17) is 9.53 Å². The van der Waals surface area contributed by atoms with Crippen LogP contribution in [0.2, 0.25) is 18.1 Å². The van der Waals surface area contributed by atoms with E-state index in [-0.39, 0.29) is 17.7 Å². The third-order valence-corrected chi connectivity index (χ3v) is 7.61. The van der Waals surface area contributed by atoms with Crippen molar-refractivity contribution in [3.63, 3.8) is 0 Å². The molecular formula is C11H24O2Si. The van der Waals surface area contributed by atoms with Crippen LogP contribution >= 0.6 is 0 Å². The molecule has 0 saturated heterocycles. The van der Waals surface area contributed by atoms with E-state index in [1.807, 2.05) is 6.92 Å². The highest BCUT2D eigenvalue weighted by Crippen LogP contribution is 2.37. The first kappa shape index (κ1) is 13.9. The Balaban J connectivity index is 4.44. The quantitative estimate of drug-likeness (QED) is 0.578. The van der Waals surface area contributed by atoms with E-state index in [0.717, 1.165) is 5.57 Å². The van der Waals surface area contributed by atoms with Crippen molar-refractivity contribution in [3.8, 4) is 0 Å². The number of hydrogen-bond acceptors (Lipinski definition) is 2. The second-order valence-electron chi connectivity index (χ2n) is 5.34. The predicted molar refractivity (Wildman–Crippen MR) is 64.0 cm³/mol. The minimum absolute atomic E-state index is 0.00971. The zero-order valence-corrected chi connectivity index (χ0v) is 11.3. The minimum atomic E-state index is -1.72. The first-order chi connectivity index (χ1) is 6.12. The molecule has 3 heteroatoms. The molecule has 0 rings (SSSR count). The molecule has 0 heterocycles. The van der Waals surface area contributed by atoms with Gasteiger partial charge in [-0.2, -0.15) is 0 Å². The molecule has 84 valence electrons. The van der Waals surface area contributed by atoms with Crippen molar-refractivity contribution in [1.82, 2.24) is 0 Å². The van der Waals surface area contributed by atoms with Gasteiger partial charge in [0.15, 0.2) is 8.32 Å². The molecule has 0 radical (unpaired) electrons. The molecule has 1 atom stereocenters. The van der Waals surface area contributed by atoms with Crippen LogP contribution in [0.25, 0.3) is 0 Å². The lowest BCUT2D eigenvalue weighted by Gasteiger charge is -2.38. The van der Waals surface area contributed by atoms with Crippen LogP contribution in [0.4, 0.5) is 0 Å². The van der Waals surface area contributed by atoms with Crippen LogP contribution in [0.15, 0.2) is 12.2 Å². The average molecular weight is 216 g/mol. The third kappa shape index (κ3) is 3.56. The standard InChI is InChI=1S/C11H24O2Si/c1-9(8-12)10(2)13-14(6,7)11(3,4)5/h10,12H,1,8H2,2-7H3. The first-order valence-electron chi connectivity index (χ1n) is 5.08. The molecule has 2 nitrogen and oxygen atoms in total. The molecule has 1 unspecified atom stereocenters. The Morgan fingerprint density at radius 2 is 1.86 bits per heavy atom. The maximum Gasteiger partial charge on any atom is 0.192 e. The van der Waals surface area contributed by atoms with E-state index in [0.29, 0.717) is 0 Å². The molecule has 0 aromatic carbocycles. The van der Waals surface area contributed by atoms with Crippen LogP contribution < -0.4 is 0 Å². The van der Waals surface area contributed by atoms with Gasteiger partial charge in [0.05, 0.1) is 12.7 Å². The summed E-state index contributed by atoms with van der Waals surface area (Å²) in [6.07, 6.45) is -0.0408. The first-order valence-corrected chi connectivity index (χ1v) is 7.99. The highest BCUT2D eigenvalue weighted by molar-refractivity contribution is 6.74. The van der Waals surface area contributed by atoms with Gasteiger partial charge in [-0.15, -0.1) is 0 Å². The van der Waals surface area contributed by atoms with Gasteiger partial charge in [0.1, 0.15) is 0 Å². The maximum atomic E-state index is 8.94. The summed E-state index contributed by atoms with van der Waals surface area (Å²) in [5.41, 5.74) is 0.759. The van der Waals surface area contributed by atoms with Gasteiger partial charge in [-0.3, -0.25) is 0 Å². The molecule has 0 aliphatic heterocycles. The second kappa shape index (κ2) is 4.60. The van der Waals surface area contributed by atoms with Gasteiger partial charge in [0.25, 0.3) is 0 Å². The zero-order valence-electron chi connectivity index (χ0n) is 10.3. The topological polar surface area (TPSA) is 29.5 Å². The van der Waals surface area contributed by atoms with E-state index >= 15 is 0 Å². The van der Waals surface area contributed by atoms with Crippen molar-refractivity contribution in [1.29, 1.82) is 0 Å². The largest absolute Gasteiger partial charge is 0.410 e. The van der Waals surface area contributed by atoms with Gasteiger partial charge in [-0.1, -0.05) is 27.4 Å². The van der Waals surface area contributed by atoms with E-state index < -0.39 is 8.32 Å². The van der Waals surface area contributed by atoms with E-state index in [1.54, 1.807) is 0 Å². The molecule has 0 aromatic rings. The molecule has 0 spiro atoms. The molecule has 0 fully saturated rings. The number of rotatable bonds is 4. The van der Waals surface area contributed by atoms with Gasteiger partial charge in [0, 0.05) is 0 Å². The molecule has 0 bridgehead atoms. The fraction of sp³-hybridized carbons (Fsp3) is 0.818. The Kier molecular flexibility index (Phi) is 4.56. The molecule has 0 aliphatic carbocycles. The van der Waals surface area contributed by atoms with Gasteiger partial charge in [0.2, 0.25) is 0 Å². The monoisotopic (exact) mass is 216 g/mol. The number of aliphatic hydroxyl groups excluding tert-OH is 1. The second-order valence-corrected chi connectivity index (χ2v) is 10.1. The Morgan fingerprint density at radius 1 is 1.43 bits per heavy atom. The molecule has 0 amide bonds. The lowest BCUT2D eigenvalue weighted by atomic mass is 10.2. The van der Waals surface area contributed by atoms with Gasteiger partial charge in [-0.05, 0) is 30.6 Å². The van der Waals surface area contributed by atoms with Gasteiger partial charge in [-0.25, -0.2) is 0 Å². The lowest BCUT2D eigenvalue weighted by molar-refractivity contribution is 0.207. The zero-order chi connectivity index (χ0) is 11.6. The lowest BCUT2D eigenvalue weighted by Crippen LogP contribution is -2.43. The van der Waals surface area contributed by atoms with Crippen molar-refractivity contribution in [3.05, 3.63) is 12.2 Å². The predicted octanol–water partition coefficient (Wildman–Crippen LogP) is 2.95. The molecule has 0 aromatic heterocycles. The van der Waals surface area contributed by atoms with Crippen molar-refractivity contribution in [2.45, 2.75) is 51.9 Å². The summed E-state index contributed by atoms with van der Waals surface area (Å²) in [6, 6.07) is 0. The van der Waals surface area contributed by atoms with Crippen molar-refractivity contribution in [2.75, 3.05) is 6.61 Å². The van der Waals surface area contributed by atoms with Crippen LogP contribution in [-0.2, 0) is 4.43 Å². The Hall–Kier alpha value is -0.123. The summed E-state index contributed by atoms with van der Waals surface area (Å²) in [4.78, 5) is 0. The summed E-state index contributed by atoms with van der Waals surface area (Å²) >= 11 is 0. The van der Waals surface area contributed by atoms with Crippen molar-refractivity contribution >= 4 is 8.32 Å². The maximum absolute atomic E-state index is 8.94. The van der Waals surface area contributed by atoms with Crippen LogP contribution in [0, 0.1) is 0 Å². The third-order valence-electron chi connectivity index (χ3n) is 3.06. The van der Waals surface area contributed by atoms with E-state index in [9.17, 15) is 0 Å². The van der Waals surface area contributed by atoms with Crippen LogP contribution in [0.5, 0.6) is 0 Å². The van der Waals surface area contributed by atoms with E-state index in [1.165, 1.54) is 0 Å². The SMILES string of the molecule is C=C(CO)C(C)O[Si](C)(C)C(C)(C)C.